The summed E-state index contributed by atoms with van der Waals surface area (Å²) in [6, 6.07) is 3.92. The number of nitrogens with zero attached hydrogens (tertiary/aromatic N) is 4. The molecule has 2 aromatic rings. The summed E-state index contributed by atoms with van der Waals surface area (Å²) in [5.74, 6) is 1.00. The third kappa shape index (κ3) is 3.00. The molecule has 1 saturated heterocycles. The highest BCUT2D eigenvalue weighted by molar-refractivity contribution is 9.10. The van der Waals surface area contributed by atoms with E-state index in [1.54, 1.807) is 12.3 Å². The van der Waals surface area contributed by atoms with Crippen molar-refractivity contribution in [3.05, 3.63) is 46.7 Å². The molecule has 0 spiro atoms. The summed E-state index contributed by atoms with van der Waals surface area (Å²) in [5.41, 5.74) is 0.501. The van der Waals surface area contributed by atoms with Gasteiger partial charge in [0.1, 0.15) is 11.5 Å². The predicted molar refractivity (Wildman–Crippen MR) is 83.1 cm³/mol. The van der Waals surface area contributed by atoms with Gasteiger partial charge in [0.05, 0.1) is 6.04 Å². The summed E-state index contributed by atoms with van der Waals surface area (Å²) >= 11 is 3.34. The Kier molecular flexibility index (Phi) is 4.05. The molecule has 6 heteroatoms. The van der Waals surface area contributed by atoms with Crippen molar-refractivity contribution in [3.8, 4) is 0 Å². The fourth-order valence-electron chi connectivity index (χ4n) is 2.80. The Morgan fingerprint density at radius 3 is 2.90 bits per heavy atom. The Labute approximate surface area is 132 Å². The molecule has 2 aromatic heterocycles. The fourth-order valence-corrected chi connectivity index (χ4v) is 3.04. The van der Waals surface area contributed by atoms with Crippen molar-refractivity contribution in [1.29, 1.82) is 0 Å². The molecule has 3 heterocycles. The van der Waals surface area contributed by atoms with Gasteiger partial charge in [-0.2, -0.15) is 0 Å². The predicted octanol–water partition coefficient (Wildman–Crippen LogP) is 2.83. The van der Waals surface area contributed by atoms with Crippen molar-refractivity contribution in [2.24, 2.45) is 0 Å². The summed E-state index contributed by atoms with van der Waals surface area (Å²) in [5, 5.41) is 0. The molecule has 1 atom stereocenters. The van der Waals surface area contributed by atoms with Gasteiger partial charge in [0.2, 0.25) is 0 Å². The van der Waals surface area contributed by atoms with Crippen LogP contribution in [0.15, 0.2) is 35.2 Å². The lowest BCUT2D eigenvalue weighted by molar-refractivity contribution is 0.0672. The molecule has 0 unspecified atom stereocenters. The first kappa shape index (κ1) is 14.3. The van der Waals surface area contributed by atoms with Gasteiger partial charge in [-0.3, -0.25) is 4.79 Å². The topological polar surface area (TPSA) is 51.0 Å². The van der Waals surface area contributed by atoms with Crippen LogP contribution in [0.25, 0.3) is 0 Å². The lowest BCUT2D eigenvalue weighted by Gasteiger charge is -2.33. The molecule has 1 fully saturated rings. The molecule has 0 aliphatic carbocycles. The number of likely N-dealkylation sites (tertiary alicyclic amines) is 1. The standard InChI is InChI=1S/C15H17BrN4O/c1-11-17-6-8-20(11)13-3-2-7-19(10-13)15(21)14-5-4-12(16)9-18-14/h4-6,8-9,13H,2-3,7,10H2,1H3/t13-/m1/s1. The molecule has 5 nitrogen and oxygen atoms in total. The molecule has 0 radical (unpaired) electrons. The Morgan fingerprint density at radius 2 is 2.24 bits per heavy atom. The van der Waals surface area contributed by atoms with Crippen LogP contribution in [-0.2, 0) is 0 Å². The van der Waals surface area contributed by atoms with Gasteiger partial charge in [-0.1, -0.05) is 0 Å². The number of amides is 1. The van der Waals surface area contributed by atoms with Gasteiger partial charge in [0.25, 0.3) is 5.91 Å². The minimum Gasteiger partial charge on any atom is -0.335 e. The minimum atomic E-state index is 0.00460. The van der Waals surface area contributed by atoms with E-state index in [4.69, 9.17) is 0 Å². The van der Waals surface area contributed by atoms with Gasteiger partial charge in [0.15, 0.2) is 0 Å². The molecule has 3 rings (SSSR count). The first-order valence-electron chi connectivity index (χ1n) is 7.05. The van der Waals surface area contributed by atoms with Gasteiger partial charge in [-0.05, 0) is 47.8 Å². The second kappa shape index (κ2) is 5.97. The zero-order valence-corrected chi connectivity index (χ0v) is 13.5. The summed E-state index contributed by atoms with van der Waals surface area (Å²) < 4.78 is 3.04. The van der Waals surface area contributed by atoms with Crippen molar-refractivity contribution in [1.82, 2.24) is 19.4 Å². The van der Waals surface area contributed by atoms with Crippen molar-refractivity contribution < 1.29 is 4.79 Å². The monoisotopic (exact) mass is 348 g/mol. The quantitative estimate of drug-likeness (QED) is 0.838. The highest BCUT2D eigenvalue weighted by Gasteiger charge is 2.26. The lowest BCUT2D eigenvalue weighted by Crippen LogP contribution is -2.41. The number of aromatic nitrogens is 3. The van der Waals surface area contributed by atoms with Crippen molar-refractivity contribution in [3.63, 3.8) is 0 Å². The summed E-state index contributed by atoms with van der Waals surface area (Å²) in [7, 11) is 0. The van der Waals surface area contributed by atoms with E-state index < -0.39 is 0 Å². The summed E-state index contributed by atoms with van der Waals surface area (Å²) in [6.07, 6.45) is 7.55. The average molecular weight is 349 g/mol. The van der Waals surface area contributed by atoms with Crippen molar-refractivity contribution in [2.75, 3.05) is 13.1 Å². The van der Waals surface area contributed by atoms with E-state index in [9.17, 15) is 4.79 Å². The van der Waals surface area contributed by atoms with Crippen molar-refractivity contribution >= 4 is 21.8 Å². The number of halogens is 1. The van der Waals surface area contributed by atoms with Gasteiger partial charge in [0, 0.05) is 36.2 Å². The van der Waals surface area contributed by atoms with E-state index in [1.165, 1.54) is 0 Å². The number of carbonyl (C=O) groups excluding carboxylic acids is 1. The molecule has 1 aliphatic heterocycles. The van der Waals surface area contributed by atoms with Crippen LogP contribution in [0.2, 0.25) is 0 Å². The third-order valence-electron chi connectivity index (χ3n) is 3.89. The van der Waals surface area contributed by atoms with E-state index in [0.717, 1.165) is 29.7 Å². The number of rotatable bonds is 2. The van der Waals surface area contributed by atoms with E-state index in [0.29, 0.717) is 18.3 Å². The van der Waals surface area contributed by atoms with Gasteiger partial charge < -0.3 is 9.47 Å². The first-order valence-corrected chi connectivity index (χ1v) is 7.84. The van der Waals surface area contributed by atoms with Gasteiger partial charge in [-0.15, -0.1) is 0 Å². The van der Waals surface area contributed by atoms with Crippen molar-refractivity contribution in [2.45, 2.75) is 25.8 Å². The maximum atomic E-state index is 12.5. The molecule has 21 heavy (non-hydrogen) atoms. The molecular weight excluding hydrogens is 332 g/mol. The first-order chi connectivity index (χ1) is 10.1. The Hall–Kier alpha value is -1.69. The van der Waals surface area contributed by atoms with Crippen LogP contribution in [0, 0.1) is 6.92 Å². The zero-order valence-electron chi connectivity index (χ0n) is 11.9. The Morgan fingerprint density at radius 1 is 1.38 bits per heavy atom. The molecule has 0 bridgehead atoms. The number of hydrogen-bond acceptors (Lipinski definition) is 3. The number of pyridine rings is 1. The van der Waals surface area contributed by atoms with Crippen LogP contribution in [0.3, 0.4) is 0 Å². The maximum Gasteiger partial charge on any atom is 0.272 e. The molecule has 0 N–H and O–H groups in total. The molecule has 1 aliphatic rings. The number of imidazole rings is 1. The highest BCUT2D eigenvalue weighted by Crippen LogP contribution is 2.23. The fraction of sp³-hybridized carbons (Fsp3) is 0.400. The zero-order chi connectivity index (χ0) is 14.8. The lowest BCUT2D eigenvalue weighted by atomic mass is 10.0. The highest BCUT2D eigenvalue weighted by atomic mass is 79.9. The molecule has 110 valence electrons. The smallest absolute Gasteiger partial charge is 0.272 e. The molecular formula is C15H17BrN4O. The van der Waals surface area contributed by atoms with E-state index in [1.807, 2.05) is 30.3 Å². The largest absolute Gasteiger partial charge is 0.335 e. The van der Waals surface area contributed by atoms with E-state index >= 15 is 0 Å². The van der Waals surface area contributed by atoms with Crippen LogP contribution in [-0.4, -0.2) is 38.4 Å². The van der Waals surface area contributed by atoms with Crippen LogP contribution in [0.1, 0.15) is 35.2 Å². The SMILES string of the molecule is Cc1nccn1[C@@H]1CCCN(C(=O)c2ccc(Br)cn2)C1. The van der Waals surface area contributed by atoms with Crippen LogP contribution in [0.4, 0.5) is 0 Å². The van der Waals surface area contributed by atoms with Gasteiger partial charge >= 0.3 is 0 Å². The third-order valence-corrected chi connectivity index (χ3v) is 4.36. The number of hydrogen-bond donors (Lipinski definition) is 0. The number of piperidine rings is 1. The maximum absolute atomic E-state index is 12.5. The molecule has 0 saturated carbocycles. The van der Waals surface area contributed by atoms with Gasteiger partial charge in [-0.25, -0.2) is 9.97 Å². The number of carbonyl (C=O) groups is 1. The van der Waals surface area contributed by atoms with E-state index in [2.05, 4.69) is 30.5 Å². The summed E-state index contributed by atoms with van der Waals surface area (Å²) in [4.78, 5) is 22.9. The normalized spacial score (nSPS) is 18.8. The number of aryl methyl sites for hydroxylation is 1. The average Bonchev–Trinajstić information content (AvgIpc) is 2.94. The molecule has 1 amide bonds. The summed E-state index contributed by atoms with van der Waals surface area (Å²) in [6.45, 7) is 3.51. The van der Waals surface area contributed by atoms with E-state index in [-0.39, 0.29) is 5.91 Å². The second-order valence-electron chi connectivity index (χ2n) is 5.29. The van der Waals surface area contributed by atoms with Crippen LogP contribution >= 0.6 is 15.9 Å². The van der Waals surface area contributed by atoms with Crippen LogP contribution in [0.5, 0.6) is 0 Å². The second-order valence-corrected chi connectivity index (χ2v) is 6.21. The molecule has 0 aromatic carbocycles. The minimum absolute atomic E-state index is 0.00460. The Bertz CT molecular complexity index is 637. The van der Waals surface area contributed by atoms with Crippen LogP contribution < -0.4 is 0 Å². The Balaban J connectivity index is 1.75.